The van der Waals surface area contributed by atoms with Crippen molar-refractivity contribution >= 4 is 88.5 Å². The maximum atomic E-state index is 10.8. The summed E-state index contributed by atoms with van der Waals surface area (Å²) in [5.41, 5.74) is 7.75. The minimum Gasteiger partial charge on any atom is -0.312 e. The Labute approximate surface area is 294 Å². The van der Waals surface area contributed by atoms with Gasteiger partial charge < -0.3 is 9.13 Å². The van der Waals surface area contributed by atoms with E-state index in [1.54, 1.807) is 30.4 Å². The van der Waals surface area contributed by atoms with Gasteiger partial charge in [0.2, 0.25) is 0 Å². The van der Waals surface area contributed by atoms with Crippen LogP contribution in [0.1, 0.15) is 35.0 Å². The van der Waals surface area contributed by atoms with Gasteiger partial charge in [-0.25, -0.2) is 0 Å². The summed E-state index contributed by atoms with van der Waals surface area (Å²) < 4.78 is 5.24. The van der Waals surface area contributed by atoms with Gasteiger partial charge in [0.1, 0.15) is 6.07 Å². The third-order valence-corrected chi connectivity index (χ3v) is 10.7. The molecule has 1 aliphatic carbocycles. The van der Waals surface area contributed by atoms with Crippen LogP contribution in [-0.4, -0.2) is 9.13 Å². The number of para-hydroxylation sites is 1. The number of hydrogen-bond donors (Lipinski definition) is 0. The van der Waals surface area contributed by atoms with E-state index in [4.69, 9.17) is 6.42 Å². The van der Waals surface area contributed by atoms with Crippen molar-refractivity contribution in [3.05, 3.63) is 130 Å². The summed E-state index contributed by atoms with van der Waals surface area (Å²) in [5, 5.41) is 27.7. The molecule has 50 heavy (non-hydrogen) atoms. The zero-order chi connectivity index (χ0) is 34.5. The number of terminal acetylenes is 1. The lowest BCUT2D eigenvalue weighted by Gasteiger charge is -2.15. The highest BCUT2D eigenvalue weighted by molar-refractivity contribution is 7.21. The first kappa shape index (κ1) is 30.6. The highest BCUT2D eigenvalue weighted by Crippen LogP contribution is 2.43. The molecule has 0 aliphatic heterocycles. The molecule has 234 valence electrons. The maximum Gasteiger partial charge on any atom is 0.101 e. The Balaban J connectivity index is 1.38. The summed E-state index contributed by atoms with van der Waals surface area (Å²) in [6.07, 6.45) is 16.1. The molecule has 0 spiro atoms. The Hall–Kier alpha value is -6.76. The van der Waals surface area contributed by atoms with Gasteiger partial charge in [-0.3, -0.25) is 0 Å². The van der Waals surface area contributed by atoms with E-state index < -0.39 is 0 Å². The van der Waals surface area contributed by atoms with Crippen LogP contribution in [0.25, 0.3) is 77.1 Å². The normalized spacial score (nSPS) is 13.2. The molecule has 0 amide bonds. The predicted octanol–water partition coefficient (Wildman–Crippen LogP) is 11.2. The Morgan fingerprint density at radius 3 is 2.46 bits per heavy atom. The Morgan fingerprint density at radius 1 is 0.900 bits per heavy atom. The molecule has 5 heteroatoms. The third kappa shape index (κ3) is 4.54. The average molecular weight is 657 g/mol. The van der Waals surface area contributed by atoms with Crippen molar-refractivity contribution in [2.24, 2.45) is 0 Å². The van der Waals surface area contributed by atoms with Gasteiger partial charge in [0.05, 0.1) is 50.0 Å². The zero-order valence-corrected chi connectivity index (χ0v) is 28.3. The smallest absolute Gasteiger partial charge is 0.101 e. The van der Waals surface area contributed by atoms with Crippen LogP contribution in [-0.2, 0) is 0 Å². The first-order valence-corrected chi connectivity index (χ1v) is 17.0. The fourth-order valence-corrected chi connectivity index (χ4v) is 8.46. The maximum absolute atomic E-state index is 10.8. The molecule has 1 aliphatic rings. The number of benzene rings is 4. The van der Waals surface area contributed by atoms with Crippen LogP contribution in [0, 0.1) is 53.8 Å². The lowest BCUT2D eigenvalue weighted by Crippen LogP contribution is -2.03. The highest BCUT2D eigenvalue weighted by Gasteiger charge is 2.23. The van der Waals surface area contributed by atoms with Gasteiger partial charge >= 0.3 is 0 Å². The summed E-state index contributed by atoms with van der Waals surface area (Å²) in [5.74, 6) is 9.22. The van der Waals surface area contributed by atoms with Crippen LogP contribution >= 0.6 is 11.3 Å². The van der Waals surface area contributed by atoms with Crippen LogP contribution in [0.3, 0.4) is 0 Å². The number of aromatic nitrogens is 2. The predicted molar refractivity (Wildman–Crippen MR) is 211 cm³/mol. The number of thiophene rings is 1. The van der Waals surface area contributed by atoms with Crippen LogP contribution < -0.4 is 0 Å². The summed E-state index contributed by atoms with van der Waals surface area (Å²) in [6, 6.07) is 29.8. The van der Waals surface area contributed by atoms with E-state index in [1.807, 2.05) is 41.8 Å². The Kier molecular flexibility index (Phi) is 7.36. The molecule has 3 aromatic heterocycles. The van der Waals surface area contributed by atoms with Crippen LogP contribution in [0.15, 0.2) is 109 Å². The molecule has 0 fully saturated rings. The van der Waals surface area contributed by atoms with E-state index >= 15 is 0 Å². The van der Waals surface area contributed by atoms with Crippen LogP contribution in [0.4, 0.5) is 0 Å². The summed E-state index contributed by atoms with van der Waals surface area (Å²) in [6.45, 7) is 8.32. The molecule has 4 nitrogen and oxygen atoms in total. The van der Waals surface area contributed by atoms with Gasteiger partial charge in [-0.1, -0.05) is 91.1 Å². The van der Waals surface area contributed by atoms with Gasteiger partial charge in [-0.2, -0.15) is 10.5 Å². The summed E-state index contributed by atoms with van der Waals surface area (Å²) in [4.78, 5) is 1.04. The molecule has 0 saturated carbocycles. The quantitative estimate of drug-likeness (QED) is 0.105. The number of nitrogens with zero attached hydrogens (tertiary/aromatic N) is 4. The second-order valence-electron chi connectivity index (χ2n) is 12.2. The van der Waals surface area contributed by atoms with Crippen molar-refractivity contribution < 1.29 is 0 Å². The number of allylic oxidation sites excluding steroid dienone is 7. The van der Waals surface area contributed by atoms with E-state index in [0.29, 0.717) is 22.5 Å². The SMILES string of the molecule is C#C/C=C\c1c(C)n(C(=C)/C(C#N)=C\C(=C(/C)C#N)n2c3ccccc3c3c4ccccc4ccc32)c2ccc3c4c(sc3c12)C#CCC=C4. The van der Waals surface area contributed by atoms with E-state index in [0.717, 1.165) is 81.7 Å². The van der Waals surface area contributed by atoms with Crippen molar-refractivity contribution in [1.82, 2.24) is 9.13 Å². The number of rotatable bonds is 5. The molecule has 7 aromatic rings. The summed E-state index contributed by atoms with van der Waals surface area (Å²) >= 11 is 1.68. The fraction of sp³-hybridized carbons (Fsp3) is 0.0667. The standard InChI is InChI=1S/C45H28N4S/c1-5-6-15-33-30(4)48(40-24-22-36-35-17-8-7-9-20-42(35)50-45(36)44(33)40)29(3)32(27-47)25-41(28(2)26-46)49-38-19-13-12-18-37(38)43-34-16-11-10-14-31(34)21-23-39(43)49/h1,6,8,10-19,21-25H,3,7H2,2,4H3/b15-6-,32-25-,41-28-. The molecule has 3 heterocycles. The molecule has 0 bridgehead atoms. The Bertz CT molecular complexity index is 2970. The molecule has 0 radical (unpaired) electrons. The number of nitriles is 2. The van der Waals surface area contributed by atoms with Gasteiger partial charge in [-0.05, 0) is 61.0 Å². The lowest BCUT2D eigenvalue weighted by molar-refractivity contribution is 1.08. The monoisotopic (exact) mass is 656 g/mol. The average Bonchev–Trinajstić information content (AvgIpc) is 3.69. The largest absolute Gasteiger partial charge is 0.312 e. The van der Waals surface area contributed by atoms with Crippen molar-refractivity contribution in [1.29, 1.82) is 10.5 Å². The molecule has 0 unspecified atom stereocenters. The lowest BCUT2D eigenvalue weighted by atomic mass is 10.0. The van der Waals surface area contributed by atoms with E-state index in [1.165, 1.54) is 0 Å². The number of fused-ring (bicyclic) bond motifs is 10. The first-order chi connectivity index (χ1) is 24.5. The second-order valence-corrected chi connectivity index (χ2v) is 13.2. The molecule has 0 saturated heterocycles. The van der Waals surface area contributed by atoms with Crippen molar-refractivity contribution in [3.8, 4) is 36.3 Å². The van der Waals surface area contributed by atoms with Gasteiger partial charge in [0.25, 0.3) is 0 Å². The van der Waals surface area contributed by atoms with E-state index in [-0.39, 0.29) is 0 Å². The van der Waals surface area contributed by atoms with E-state index in [9.17, 15) is 10.5 Å². The summed E-state index contributed by atoms with van der Waals surface area (Å²) in [7, 11) is 0. The number of hydrogen-bond acceptors (Lipinski definition) is 3. The Morgan fingerprint density at radius 2 is 1.66 bits per heavy atom. The molecular weight excluding hydrogens is 629 g/mol. The molecule has 0 atom stereocenters. The topological polar surface area (TPSA) is 57.4 Å². The van der Waals surface area contributed by atoms with E-state index in [2.05, 4.69) is 102 Å². The van der Waals surface area contributed by atoms with Crippen molar-refractivity contribution in [2.45, 2.75) is 20.3 Å². The first-order valence-electron chi connectivity index (χ1n) is 16.2. The second kappa shape index (κ2) is 12.0. The van der Waals surface area contributed by atoms with Crippen LogP contribution in [0.5, 0.6) is 0 Å². The van der Waals surface area contributed by atoms with Crippen molar-refractivity contribution in [3.63, 3.8) is 0 Å². The highest BCUT2D eigenvalue weighted by atomic mass is 32.1. The molecule has 0 N–H and O–H groups in total. The minimum atomic E-state index is 0.338. The van der Waals surface area contributed by atoms with Crippen molar-refractivity contribution in [2.75, 3.05) is 0 Å². The zero-order valence-electron chi connectivity index (χ0n) is 27.5. The molecular formula is C45H28N4S. The van der Waals surface area contributed by atoms with Gasteiger partial charge in [-0.15, -0.1) is 17.8 Å². The minimum absolute atomic E-state index is 0.338. The molecule has 8 rings (SSSR count). The van der Waals surface area contributed by atoms with Gasteiger partial charge in [0.15, 0.2) is 0 Å². The van der Waals surface area contributed by atoms with Gasteiger partial charge in [0, 0.05) is 49.5 Å². The fourth-order valence-electron chi connectivity index (χ4n) is 7.24. The molecule has 4 aromatic carbocycles. The van der Waals surface area contributed by atoms with Crippen LogP contribution in [0.2, 0.25) is 0 Å². The third-order valence-electron chi connectivity index (χ3n) is 9.50.